The molecule has 8 heteroatoms. The number of cyclic esters (lactones) is 1. The van der Waals surface area contributed by atoms with E-state index >= 15 is 0 Å². The third-order valence-electron chi connectivity index (χ3n) is 4.44. The molecule has 6 nitrogen and oxygen atoms in total. The summed E-state index contributed by atoms with van der Waals surface area (Å²) in [6.45, 7) is 1.53. The monoisotopic (exact) mass is 340 g/mol. The molecule has 1 aromatic carbocycles. The quantitative estimate of drug-likeness (QED) is 0.879. The second kappa shape index (κ2) is 5.76. The Morgan fingerprint density at radius 1 is 1.30 bits per heavy atom. The van der Waals surface area contributed by atoms with Crippen LogP contribution in [0.1, 0.15) is 0 Å². The number of carbonyl (C=O) groups is 1. The van der Waals surface area contributed by atoms with E-state index in [1.54, 1.807) is 6.07 Å². The largest absolute Gasteiger partial charge is 0.489 e. The second-order valence-corrected chi connectivity index (χ2v) is 6.95. The van der Waals surface area contributed by atoms with Crippen molar-refractivity contribution in [2.45, 2.75) is 12.1 Å². The summed E-state index contributed by atoms with van der Waals surface area (Å²) in [5.74, 6) is 2.04. The highest BCUT2D eigenvalue weighted by Gasteiger charge is 2.46. The lowest BCUT2D eigenvalue weighted by molar-refractivity contribution is 0.0734. The molecule has 2 saturated heterocycles. The van der Waals surface area contributed by atoms with Gasteiger partial charge in [0.1, 0.15) is 24.2 Å². The molecule has 0 spiro atoms. The third kappa shape index (κ3) is 2.40. The van der Waals surface area contributed by atoms with Crippen molar-refractivity contribution in [3.8, 4) is 5.75 Å². The van der Waals surface area contributed by atoms with Crippen molar-refractivity contribution in [2.24, 2.45) is 0 Å². The van der Waals surface area contributed by atoms with Gasteiger partial charge in [-0.2, -0.15) is 11.8 Å². The summed E-state index contributed by atoms with van der Waals surface area (Å²) < 4.78 is 25.4. The number of fused-ring (bicyclic) bond motifs is 3. The van der Waals surface area contributed by atoms with Gasteiger partial charge in [0.15, 0.2) is 6.10 Å². The maximum atomic E-state index is 14.6. The zero-order valence-electron chi connectivity index (χ0n) is 12.4. The van der Waals surface area contributed by atoms with Gasteiger partial charge >= 0.3 is 6.09 Å². The maximum absolute atomic E-state index is 14.6. The van der Waals surface area contributed by atoms with Crippen LogP contribution in [0.3, 0.4) is 0 Å². The first-order chi connectivity index (χ1) is 11.2. The number of halogens is 1. The number of aliphatic hydroxyl groups excluding tert-OH is 1. The van der Waals surface area contributed by atoms with Crippen LogP contribution in [0.25, 0.3) is 0 Å². The normalized spacial score (nSPS) is 26.4. The maximum Gasteiger partial charge on any atom is 0.415 e. The topological polar surface area (TPSA) is 62.2 Å². The Kier molecular flexibility index (Phi) is 3.73. The Labute approximate surface area is 137 Å². The summed E-state index contributed by atoms with van der Waals surface area (Å²) in [5.41, 5.74) is 0.878. The Morgan fingerprint density at radius 3 is 2.83 bits per heavy atom. The van der Waals surface area contributed by atoms with E-state index in [4.69, 9.17) is 9.47 Å². The van der Waals surface area contributed by atoms with Crippen LogP contribution in [-0.2, 0) is 4.74 Å². The molecule has 4 rings (SSSR count). The zero-order valence-corrected chi connectivity index (χ0v) is 13.2. The first-order valence-electron chi connectivity index (χ1n) is 7.59. The molecule has 0 bridgehead atoms. The molecule has 0 saturated carbocycles. The van der Waals surface area contributed by atoms with Gasteiger partial charge in [0, 0.05) is 36.7 Å². The van der Waals surface area contributed by atoms with E-state index in [0.29, 0.717) is 17.1 Å². The van der Waals surface area contributed by atoms with Crippen molar-refractivity contribution < 1.29 is 23.8 Å². The minimum Gasteiger partial charge on any atom is -0.489 e. The van der Waals surface area contributed by atoms with Crippen molar-refractivity contribution in [2.75, 3.05) is 47.6 Å². The lowest BCUT2D eigenvalue weighted by Gasteiger charge is -2.33. The van der Waals surface area contributed by atoms with Gasteiger partial charge in [-0.15, -0.1) is 0 Å². The molecule has 3 aliphatic heterocycles. The van der Waals surface area contributed by atoms with Crippen molar-refractivity contribution >= 4 is 29.2 Å². The Hall–Kier alpha value is -1.67. The number of rotatable bonds is 2. The van der Waals surface area contributed by atoms with E-state index in [1.165, 1.54) is 11.0 Å². The van der Waals surface area contributed by atoms with Gasteiger partial charge in [-0.1, -0.05) is 0 Å². The Bertz CT molecular complexity index is 638. The molecule has 2 fully saturated rings. The number of amides is 1. The first-order valence-corrected chi connectivity index (χ1v) is 8.74. The van der Waals surface area contributed by atoms with E-state index in [-0.39, 0.29) is 19.0 Å². The third-order valence-corrected chi connectivity index (χ3v) is 5.38. The molecule has 1 amide bonds. The van der Waals surface area contributed by atoms with Gasteiger partial charge in [-0.05, 0) is 0 Å². The van der Waals surface area contributed by atoms with Crippen LogP contribution in [-0.4, -0.2) is 61.2 Å². The van der Waals surface area contributed by atoms with Crippen LogP contribution >= 0.6 is 11.8 Å². The standard InChI is InChI=1S/C15H17FN2O4S/c16-9-5-11-13(6-10(9)17-1-3-23-4-2-17)21-8-12-14(7-19)22-15(20)18(11)12/h5-6,12,14,19H,1-4,7-8H2/t12-,14+/m1/s1. The number of anilines is 2. The smallest absolute Gasteiger partial charge is 0.415 e. The predicted molar refractivity (Wildman–Crippen MR) is 85.1 cm³/mol. The van der Waals surface area contributed by atoms with E-state index in [0.717, 1.165) is 24.6 Å². The van der Waals surface area contributed by atoms with Crippen LogP contribution < -0.4 is 14.5 Å². The van der Waals surface area contributed by atoms with Crippen molar-refractivity contribution in [3.63, 3.8) is 0 Å². The lowest BCUT2D eigenvalue weighted by Crippen LogP contribution is -2.45. The average Bonchev–Trinajstić information content (AvgIpc) is 2.91. The molecule has 0 aliphatic carbocycles. The predicted octanol–water partition coefficient (Wildman–Crippen LogP) is 1.46. The fourth-order valence-electron chi connectivity index (χ4n) is 3.24. The highest BCUT2D eigenvalue weighted by atomic mass is 32.2. The molecular weight excluding hydrogens is 323 g/mol. The minimum atomic E-state index is -0.641. The average molecular weight is 340 g/mol. The van der Waals surface area contributed by atoms with E-state index in [9.17, 15) is 14.3 Å². The number of benzene rings is 1. The lowest BCUT2D eigenvalue weighted by atomic mass is 10.1. The second-order valence-electron chi connectivity index (χ2n) is 5.72. The number of aliphatic hydroxyl groups is 1. The first kappa shape index (κ1) is 14.9. The van der Waals surface area contributed by atoms with E-state index in [2.05, 4.69) is 0 Å². The summed E-state index contributed by atoms with van der Waals surface area (Å²) in [4.78, 5) is 15.4. The number of ether oxygens (including phenoxy) is 2. The number of thioether (sulfide) groups is 1. The number of hydrogen-bond acceptors (Lipinski definition) is 6. The highest BCUT2D eigenvalue weighted by molar-refractivity contribution is 7.99. The van der Waals surface area contributed by atoms with E-state index < -0.39 is 18.2 Å². The molecule has 0 aromatic heterocycles. The van der Waals surface area contributed by atoms with Gasteiger partial charge in [0.25, 0.3) is 0 Å². The molecule has 23 heavy (non-hydrogen) atoms. The fraction of sp³-hybridized carbons (Fsp3) is 0.533. The van der Waals surface area contributed by atoms with Gasteiger partial charge in [-0.25, -0.2) is 9.18 Å². The molecule has 3 aliphatic rings. The highest BCUT2D eigenvalue weighted by Crippen LogP contribution is 2.42. The van der Waals surface area contributed by atoms with Crippen molar-refractivity contribution in [1.82, 2.24) is 0 Å². The summed E-state index contributed by atoms with van der Waals surface area (Å²) in [6, 6.07) is 2.58. The Balaban J connectivity index is 1.70. The number of hydrogen-bond donors (Lipinski definition) is 1. The van der Waals surface area contributed by atoms with Gasteiger partial charge in [0.2, 0.25) is 0 Å². The van der Waals surface area contributed by atoms with Crippen molar-refractivity contribution in [1.29, 1.82) is 0 Å². The summed E-state index contributed by atoms with van der Waals surface area (Å²) in [7, 11) is 0. The molecule has 0 radical (unpaired) electrons. The van der Waals surface area contributed by atoms with Crippen molar-refractivity contribution in [3.05, 3.63) is 17.9 Å². The van der Waals surface area contributed by atoms with Crippen LogP contribution in [0, 0.1) is 5.82 Å². The molecule has 3 heterocycles. The van der Waals surface area contributed by atoms with Crippen LogP contribution in [0.15, 0.2) is 12.1 Å². The Morgan fingerprint density at radius 2 is 2.09 bits per heavy atom. The summed E-state index contributed by atoms with van der Waals surface area (Å²) in [6.07, 6.45) is -1.21. The summed E-state index contributed by atoms with van der Waals surface area (Å²) >= 11 is 1.86. The van der Waals surface area contributed by atoms with Crippen LogP contribution in [0.4, 0.5) is 20.6 Å². The summed E-state index contributed by atoms with van der Waals surface area (Å²) in [5, 5.41) is 9.30. The van der Waals surface area contributed by atoms with Crippen LogP contribution in [0.2, 0.25) is 0 Å². The molecule has 124 valence electrons. The minimum absolute atomic E-state index is 0.227. The van der Waals surface area contributed by atoms with Crippen LogP contribution in [0.5, 0.6) is 5.75 Å². The SMILES string of the molecule is O=C1O[C@@H](CO)[C@H]2COc3cc(N4CCSCC4)c(F)cc3N12. The number of nitrogens with zero attached hydrogens (tertiary/aromatic N) is 2. The molecular formula is C15H17FN2O4S. The van der Waals surface area contributed by atoms with Gasteiger partial charge in [0.05, 0.1) is 18.0 Å². The zero-order chi connectivity index (χ0) is 16.0. The molecule has 2 atom stereocenters. The molecule has 1 aromatic rings. The fourth-order valence-corrected chi connectivity index (χ4v) is 4.15. The van der Waals surface area contributed by atoms with Gasteiger partial charge in [-0.3, -0.25) is 4.90 Å². The number of carbonyl (C=O) groups excluding carboxylic acids is 1. The molecule has 1 N–H and O–H groups in total. The van der Waals surface area contributed by atoms with E-state index in [1.807, 2.05) is 16.7 Å². The van der Waals surface area contributed by atoms with Gasteiger partial charge < -0.3 is 19.5 Å². The molecule has 0 unspecified atom stereocenters.